The highest BCUT2D eigenvalue weighted by Crippen LogP contribution is 2.23. The summed E-state index contributed by atoms with van der Waals surface area (Å²) in [5.41, 5.74) is 0.743. The van der Waals surface area contributed by atoms with Crippen molar-refractivity contribution in [2.45, 2.75) is 19.9 Å². The van der Waals surface area contributed by atoms with Crippen molar-refractivity contribution < 1.29 is 9.53 Å². The molecular formula is C17H19ClN2O3. The van der Waals surface area contributed by atoms with Gasteiger partial charge in [-0.2, -0.15) is 0 Å². The molecule has 122 valence electrons. The Morgan fingerprint density at radius 1 is 1.30 bits per heavy atom. The van der Waals surface area contributed by atoms with Gasteiger partial charge in [0.1, 0.15) is 12.3 Å². The van der Waals surface area contributed by atoms with E-state index in [-0.39, 0.29) is 18.0 Å². The number of hydrogen-bond donors (Lipinski definition) is 1. The zero-order valence-electron chi connectivity index (χ0n) is 12.9. The van der Waals surface area contributed by atoms with Crippen molar-refractivity contribution in [2.75, 3.05) is 13.2 Å². The highest BCUT2D eigenvalue weighted by Gasteiger charge is 2.07. The molecule has 0 spiro atoms. The third-order valence-corrected chi connectivity index (χ3v) is 3.49. The van der Waals surface area contributed by atoms with Gasteiger partial charge < -0.3 is 14.6 Å². The molecule has 6 heteroatoms. The van der Waals surface area contributed by atoms with Crippen LogP contribution in [0, 0.1) is 0 Å². The lowest BCUT2D eigenvalue weighted by Crippen LogP contribution is -2.32. The molecule has 0 saturated heterocycles. The van der Waals surface area contributed by atoms with Gasteiger partial charge in [0.05, 0.1) is 6.61 Å². The molecule has 0 aliphatic carbocycles. The molecule has 0 aliphatic heterocycles. The average molecular weight is 335 g/mol. The monoisotopic (exact) mass is 334 g/mol. The molecular weight excluding hydrogens is 316 g/mol. The van der Waals surface area contributed by atoms with E-state index in [1.807, 2.05) is 19.1 Å². The number of pyridine rings is 1. The number of nitrogens with one attached hydrogen (secondary N) is 1. The predicted molar refractivity (Wildman–Crippen MR) is 90.0 cm³/mol. The molecule has 0 unspecified atom stereocenters. The number of aromatic nitrogens is 1. The summed E-state index contributed by atoms with van der Waals surface area (Å²) in [6.45, 7) is 2.93. The summed E-state index contributed by atoms with van der Waals surface area (Å²) in [5.74, 6) is 0.559. The quantitative estimate of drug-likeness (QED) is 0.845. The largest absolute Gasteiger partial charge is 0.494 e. The first kappa shape index (κ1) is 17.1. The summed E-state index contributed by atoms with van der Waals surface area (Å²) < 4.78 is 6.91. The number of nitrogens with zero attached hydrogens (tertiary/aromatic N) is 1. The normalized spacial score (nSPS) is 10.3. The maximum atomic E-state index is 11.9. The highest BCUT2D eigenvalue weighted by atomic mass is 35.5. The molecule has 1 amide bonds. The van der Waals surface area contributed by atoms with Crippen molar-refractivity contribution in [3.63, 3.8) is 0 Å². The predicted octanol–water partition coefficient (Wildman–Crippen LogP) is 2.26. The molecule has 0 fully saturated rings. The third-order valence-electron chi connectivity index (χ3n) is 3.25. The SMILES string of the molecule is CCOc1ccc(Cl)cc1CCNC(=O)Cn1ccccc1=O. The van der Waals surface area contributed by atoms with Crippen LogP contribution in [0.3, 0.4) is 0 Å². The number of rotatable bonds is 7. The molecule has 0 radical (unpaired) electrons. The first-order valence-corrected chi connectivity index (χ1v) is 7.81. The van der Waals surface area contributed by atoms with Crippen LogP contribution in [-0.2, 0) is 17.8 Å². The summed E-state index contributed by atoms with van der Waals surface area (Å²) in [6.07, 6.45) is 2.19. The lowest BCUT2D eigenvalue weighted by atomic mass is 10.1. The van der Waals surface area contributed by atoms with Crippen molar-refractivity contribution in [3.8, 4) is 5.75 Å². The maximum Gasteiger partial charge on any atom is 0.250 e. The minimum absolute atomic E-state index is 0.00748. The molecule has 0 atom stereocenters. The third kappa shape index (κ3) is 5.14. The van der Waals surface area contributed by atoms with Crippen molar-refractivity contribution in [1.29, 1.82) is 0 Å². The smallest absolute Gasteiger partial charge is 0.250 e. The lowest BCUT2D eigenvalue weighted by Gasteiger charge is -2.11. The van der Waals surface area contributed by atoms with Crippen LogP contribution in [0.1, 0.15) is 12.5 Å². The van der Waals surface area contributed by atoms with Crippen LogP contribution in [0.25, 0.3) is 0 Å². The first-order chi connectivity index (χ1) is 11.1. The van der Waals surface area contributed by atoms with E-state index in [2.05, 4.69) is 5.32 Å². The van der Waals surface area contributed by atoms with Crippen molar-refractivity contribution >= 4 is 17.5 Å². The zero-order valence-corrected chi connectivity index (χ0v) is 13.7. The molecule has 0 saturated carbocycles. The topological polar surface area (TPSA) is 60.3 Å². The van der Waals surface area contributed by atoms with Crippen LogP contribution in [0.5, 0.6) is 5.75 Å². The standard InChI is InChI=1S/C17H19ClN2O3/c1-2-23-15-7-6-14(18)11-13(15)8-9-19-16(21)12-20-10-4-3-5-17(20)22/h3-7,10-11H,2,8-9,12H2,1H3,(H,19,21). The summed E-state index contributed by atoms with van der Waals surface area (Å²) in [5, 5.41) is 3.43. The Bertz CT molecular complexity index is 728. The van der Waals surface area contributed by atoms with Gasteiger partial charge in [0, 0.05) is 23.8 Å². The Balaban J connectivity index is 1.90. The Morgan fingerprint density at radius 2 is 2.13 bits per heavy atom. The van der Waals surface area contributed by atoms with Crippen molar-refractivity contribution in [2.24, 2.45) is 0 Å². The first-order valence-electron chi connectivity index (χ1n) is 7.43. The van der Waals surface area contributed by atoms with Crippen LogP contribution >= 0.6 is 11.6 Å². The second kappa shape index (κ2) is 8.39. The molecule has 0 aliphatic rings. The van der Waals surface area contributed by atoms with E-state index < -0.39 is 0 Å². The highest BCUT2D eigenvalue weighted by molar-refractivity contribution is 6.30. The van der Waals surface area contributed by atoms with E-state index in [0.29, 0.717) is 24.6 Å². The van der Waals surface area contributed by atoms with E-state index in [1.165, 1.54) is 10.6 Å². The van der Waals surface area contributed by atoms with Gasteiger partial charge in [-0.3, -0.25) is 9.59 Å². The van der Waals surface area contributed by atoms with Crippen molar-refractivity contribution in [1.82, 2.24) is 9.88 Å². The maximum absolute atomic E-state index is 11.9. The number of benzene rings is 1. The summed E-state index contributed by atoms with van der Waals surface area (Å²) >= 11 is 6.00. The Labute approximate surface area is 139 Å². The molecule has 2 aromatic rings. The molecule has 5 nitrogen and oxygen atoms in total. The van der Waals surface area contributed by atoms with Crippen LogP contribution < -0.4 is 15.6 Å². The minimum atomic E-state index is -0.210. The molecule has 1 aromatic heterocycles. The van der Waals surface area contributed by atoms with Gasteiger partial charge >= 0.3 is 0 Å². The Morgan fingerprint density at radius 3 is 2.87 bits per heavy atom. The lowest BCUT2D eigenvalue weighted by molar-refractivity contribution is -0.121. The minimum Gasteiger partial charge on any atom is -0.494 e. The van der Waals surface area contributed by atoms with Gasteiger partial charge in [0.2, 0.25) is 5.91 Å². The van der Waals surface area contributed by atoms with E-state index in [4.69, 9.17) is 16.3 Å². The molecule has 1 aromatic carbocycles. The van der Waals surface area contributed by atoms with E-state index in [0.717, 1.165) is 11.3 Å². The molecule has 1 heterocycles. The van der Waals surface area contributed by atoms with E-state index >= 15 is 0 Å². The fourth-order valence-corrected chi connectivity index (χ4v) is 2.37. The molecule has 1 N–H and O–H groups in total. The number of halogens is 1. The summed E-state index contributed by atoms with van der Waals surface area (Å²) in [7, 11) is 0. The second-order valence-corrected chi connectivity index (χ2v) is 5.39. The Hall–Kier alpha value is -2.27. The number of carbonyl (C=O) groups excluding carboxylic acids is 1. The molecule has 2 rings (SSSR count). The number of amides is 1. The van der Waals surface area contributed by atoms with Crippen LogP contribution in [-0.4, -0.2) is 23.6 Å². The van der Waals surface area contributed by atoms with Gasteiger partial charge in [0.25, 0.3) is 5.56 Å². The van der Waals surface area contributed by atoms with E-state index in [1.54, 1.807) is 24.4 Å². The van der Waals surface area contributed by atoms with Crippen LogP contribution in [0.2, 0.25) is 5.02 Å². The number of ether oxygens (including phenoxy) is 1. The summed E-state index contributed by atoms with van der Waals surface area (Å²) in [6, 6.07) is 10.2. The average Bonchev–Trinajstić information content (AvgIpc) is 2.52. The van der Waals surface area contributed by atoms with Crippen molar-refractivity contribution in [3.05, 3.63) is 63.5 Å². The molecule has 23 heavy (non-hydrogen) atoms. The van der Waals surface area contributed by atoms with Gasteiger partial charge in [-0.25, -0.2) is 0 Å². The fraction of sp³-hybridized carbons (Fsp3) is 0.294. The van der Waals surface area contributed by atoms with Gasteiger partial charge in [0.15, 0.2) is 0 Å². The van der Waals surface area contributed by atoms with Gasteiger partial charge in [-0.05, 0) is 43.2 Å². The van der Waals surface area contributed by atoms with Gasteiger partial charge in [-0.15, -0.1) is 0 Å². The fourth-order valence-electron chi connectivity index (χ4n) is 2.18. The van der Waals surface area contributed by atoms with E-state index in [9.17, 15) is 9.59 Å². The van der Waals surface area contributed by atoms with Crippen LogP contribution in [0.4, 0.5) is 0 Å². The second-order valence-electron chi connectivity index (χ2n) is 4.95. The zero-order chi connectivity index (χ0) is 16.7. The summed E-state index contributed by atoms with van der Waals surface area (Å²) in [4.78, 5) is 23.5. The number of hydrogen-bond acceptors (Lipinski definition) is 3. The van der Waals surface area contributed by atoms with Gasteiger partial charge in [-0.1, -0.05) is 17.7 Å². The van der Waals surface area contributed by atoms with Crippen LogP contribution in [0.15, 0.2) is 47.4 Å². The number of carbonyl (C=O) groups is 1. The Kier molecular flexibility index (Phi) is 6.23. The molecule has 0 bridgehead atoms.